The van der Waals surface area contributed by atoms with Gasteiger partial charge in [0.2, 0.25) is 0 Å². The van der Waals surface area contributed by atoms with E-state index in [-0.39, 0.29) is 21.1 Å². The van der Waals surface area contributed by atoms with Crippen LogP contribution in [-0.2, 0) is 27.5 Å². The second kappa shape index (κ2) is 13.9. The van der Waals surface area contributed by atoms with Crippen molar-refractivity contribution in [3.05, 3.63) is 131 Å². The van der Waals surface area contributed by atoms with Crippen LogP contribution in [0.15, 0.2) is 91.1 Å². The van der Waals surface area contributed by atoms with Gasteiger partial charge in [0.15, 0.2) is 0 Å². The van der Waals surface area contributed by atoms with Gasteiger partial charge in [0.05, 0.1) is 5.69 Å². The quantitative estimate of drug-likeness (QED) is 0.136. The van der Waals surface area contributed by atoms with Crippen LogP contribution in [-0.4, -0.2) is 19.3 Å². The van der Waals surface area contributed by atoms with Crippen molar-refractivity contribution in [1.29, 1.82) is 0 Å². The van der Waals surface area contributed by atoms with Gasteiger partial charge in [-0.3, -0.25) is 4.68 Å². The number of pyridine rings is 1. The molecule has 3 aromatic heterocycles. The van der Waals surface area contributed by atoms with Crippen LogP contribution in [0, 0.1) is 32.9 Å². The first-order chi connectivity index (χ1) is 22.8. The van der Waals surface area contributed by atoms with Crippen LogP contribution in [0.3, 0.4) is 0 Å². The number of hydrogen-bond acceptors (Lipinski definition) is 3. The van der Waals surface area contributed by atoms with Crippen molar-refractivity contribution in [3.8, 4) is 34.1 Å². The normalized spacial score (nSPS) is 12.0. The van der Waals surface area contributed by atoms with Gasteiger partial charge in [0.25, 0.3) is 0 Å². The minimum Gasteiger partial charge on any atom is -0.509 e. The predicted molar refractivity (Wildman–Crippen MR) is 192 cm³/mol. The van der Waals surface area contributed by atoms with Gasteiger partial charge in [0, 0.05) is 34.5 Å². The zero-order chi connectivity index (χ0) is 32.7. The van der Waals surface area contributed by atoms with Gasteiger partial charge >= 0.3 is 21.1 Å². The van der Waals surface area contributed by atoms with E-state index in [0.29, 0.717) is 17.4 Å². The Balaban J connectivity index is 0.00000401. The molecule has 7 rings (SSSR count). The molecule has 0 bridgehead atoms. The third-order valence-electron chi connectivity index (χ3n) is 9.22. The number of hydrogen-bond donors (Lipinski definition) is 0. The Morgan fingerprint density at radius 3 is 2.40 bits per heavy atom. The van der Waals surface area contributed by atoms with E-state index in [9.17, 15) is 0 Å². The van der Waals surface area contributed by atoms with E-state index < -0.39 is 0 Å². The molecule has 4 aromatic carbocycles. The van der Waals surface area contributed by atoms with Crippen molar-refractivity contribution in [3.63, 3.8) is 0 Å². The number of aryl methyl sites for hydroxylation is 3. The van der Waals surface area contributed by atoms with Crippen molar-refractivity contribution in [2.45, 2.75) is 66.7 Å². The van der Waals surface area contributed by atoms with Gasteiger partial charge in [-0.25, -0.2) is 4.98 Å². The van der Waals surface area contributed by atoms with Crippen LogP contribution in [0.25, 0.3) is 44.4 Å². The SMILES string of the molecule is CCCc1cc(Oc2[c-]c3c(cc2)c2cc(C(C)CC)ccc2n3-c2cc(C)ccn2)[c-]c(-n2nc(C)c(-c3ccccc3)c2C)c1.[Pt+2]. The molecule has 0 N–H and O–H groups in total. The molecule has 0 amide bonds. The summed E-state index contributed by atoms with van der Waals surface area (Å²) in [5.74, 6) is 2.62. The Morgan fingerprint density at radius 1 is 0.833 bits per heavy atom. The van der Waals surface area contributed by atoms with Crippen molar-refractivity contribution in [2.24, 2.45) is 0 Å². The maximum atomic E-state index is 6.60. The summed E-state index contributed by atoms with van der Waals surface area (Å²) >= 11 is 0. The summed E-state index contributed by atoms with van der Waals surface area (Å²) in [6, 6.07) is 37.0. The summed E-state index contributed by atoms with van der Waals surface area (Å²) in [6.07, 6.45) is 4.91. The molecule has 244 valence electrons. The first-order valence-electron chi connectivity index (χ1n) is 16.6. The average Bonchev–Trinajstić information content (AvgIpc) is 3.56. The molecule has 0 fully saturated rings. The van der Waals surface area contributed by atoms with Gasteiger partial charge in [0.1, 0.15) is 5.82 Å². The van der Waals surface area contributed by atoms with Crippen LogP contribution in [0.4, 0.5) is 0 Å². The van der Waals surface area contributed by atoms with Crippen LogP contribution >= 0.6 is 0 Å². The molecular weight excluding hydrogens is 772 g/mol. The fourth-order valence-corrected chi connectivity index (χ4v) is 6.63. The number of nitrogens with zero attached hydrogens (tertiary/aromatic N) is 4. The Hall–Kier alpha value is -4.47. The average molecular weight is 812 g/mol. The molecule has 1 unspecified atom stereocenters. The summed E-state index contributed by atoms with van der Waals surface area (Å²) in [7, 11) is 0. The van der Waals surface area contributed by atoms with Gasteiger partial charge < -0.3 is 9.30 Å². The van der Waals surface area contributed by atoms with Gasteiger partial charge in [-0.1, -0.05) is 81.6 Å². The molecule has 1 atom stereocenters. The number of rotatable bonds is 9. The first-order valence-corrected chi connectivity index (χ1v) is 16.6. The maximum Gasteiger partial charge on any atom is 2.00 e. The third-order valence-corrected chi connectivity index (χ3v) is 9.22. The molecule has 0 aliphatic heterocycles. The second-order valence-corrected chi connectivity index (χ2v) is 12.6. The smallest absolute Gasteiger partial charge is 0.509 e. The third kappa shape index (κ3) is 6.24. The fraction of sp³-hybridized carbons (Fsp3) is 0.238. The monoisotopic (exact) mass is 811 g/mol. The van der Waals surface area contributed by atoms with Crippen LogP contribution in [0.1, 0.15) is 67.6 Å². The largest absolute Gasteiger partial charge is 2.00 e. The predicted octanol–water partition coefficient (Wildman–Crippen LogP) is 10.8. The molecule has 0 radical (unpaired) electrons. The first kappa shape index (κ1) is 33.4. The molecule has 0 aliphatic carbocycles. The topological polar surface area (TPSA) is 44.9 Å². The molecule has 48 heavy (non-hydrogen) atoms. The molecule has 6 heteroatoms. The fourth-order valence-electron chi connectivity index (χ4n) is 6.63. The summed E-state index contributed by atoms with van der Waals surface area (Å²) < 4.78 is 10.8. The van der Waals surface area contributed by atoms with E-state index in [1.54, 1.807) is 0 Å². The van der Waals surface area contributed by atoms with Crippen molar-refractivity contribution in [1.82, 2.24) is 19.3 Å². The summed E-state index contributed by atoms with van der Waals surface area (Å²) in [4.78, 5) is 4.77. The Labute approximate surface area is 297 Å². The van der Waals surface area contributed by atoms with E-state index in [0.717, 1.165) is 75.3 Å². The Kier molecular flexibility index (Phi) is 9.71. The molecule has 7 aromatic rings. The second-order valence-electron chi connectivity index (χ2n) is 12.6. The molecule has 5 nitrogen and oxygen atoms in total. The minimum absolute atomic E-state index is 0. The molecule has 0 spiro atoms. The van der Waals surface area contributed by atoms with Gasteiger partial charge in [-0.15, -0.1) is 35.7 Å². The zero-order valence-electron chi connectivity index (χ0n) is 28.4. The van der Waals surface area contributed by atoms with E-state index in [1.807, 2.05) is 29.1 Å². The van der Waals surface area contributed by atoms with Crippen molar-refractivity contribution >= 4 is 21.8 Å². The maximum absolute atomic E-state index is 6.60. The summed E-state index contributed by atoms with van der Waals surface area (Å²) in [5.41, 5.74) is 11.0. The Bertz CT molecular complexity index is 2230. The van der Waals surface area contributed by atoms with E-state index in [4.69, 9.17) is 14.8 Å². The summed E-state index contributed by atoms with van der Waals surface area (Å²) in [6.45, 7) is 13.0. The molecule has 0 saturated carbocycles. The van der Waals surface area contributed by atoms with Gasteiger partial charge in [-0.2, -0.15) is 16.7 Å². The van der Waals surface area contributed by atoms with E-state index in [1.165, 1.54) is 16.5 Å². The molecule has 3 heterocycles. The Morgan fingerprint density at radius 2 is 1.65 bits per heavy atom. The van der Waals surface area contributed by atoms with Crippen molar-refractivity contribution < 1.29 is 25.8 Å². The number of benzene rings is 4. The van der Waals surface area contributed by atoms with Crippen LogP contribution in [0.2, 0.25) is 0 Å². The number of aromatic nitrogens is 4. The van der Waals surface area contributed by atoms with E-state index in [2.05, 4.69) is 125 Å². The number of ether oxygens (including phenoxy) is 1. The van der Waals surface area contributed by atoms with Crippen LogP contribution < -0.4 is 4.74 Å². The van der Waals surface area contributed by atoms with Crippen LogP contribution in [0.5, 0.6) is 11.5 Å². The molecular formula is C42H40N4OPt. The summed E-state index contributed by atoms with van der Waals surface area (Å²) in [5, 5.41) is 7.28. The van der Waals surface area contributed by atoms with Gasteiger partial charge in [-0.05, 0) is 79.1 Å². The molecule has 0 aliphatic rings. The van der Waals surface area contributed by atoms with E-state index >= 15 is 0 Å². The number of fused-ring (bicyclic) bond motifs is 3. The standard InChI is InChI=1S/C42H40N4O.Pt/c1-7-12-31-22-34(46-30(6)42(29(5)44-46)32-13-10-9-11-14-32)25-36(23-31)47-35-16-17-37-38-24-33(28(4)8-2)15-18-39(38)45(40(37)26-35)41-21-27(3)19-20-43-41;/h9-11,13-24,28H,7-8,12H2,1-6H3;/q-2;+2. The molecule has 0 saturated heterocycles. The minimum atomic E-state index is 0. The zero-order valence-corrected chi connectivity index (χ0v) is 30.6. The van der Waals surface area contributed by atoms with Crippen molar-refractivity contribution in [2.75, 3.05) is 0 Å².